The van der Waals surface area contributed by atoms with Gasteiger partial charge in [-0.25, -0.2) is 8.42 Å². The normalized spacial score (nSPS) is 15.0. The first-order valence-electron chi connectivity index (χ1n) is 12.9. The van der Waals surface area contributed by atoms with Gasteiger partial charge < -0.3 is 15.0 Å². The van der Waals surface area contributed by atoms with E-state index in [4.69, 9.17) is 4.74 Å². The summed E-state index contributed by atoms with van der Waals surface area (Å²) in [7, 11) is -2.38. The Morgan fingerprint density at radius 3 is 2.30 bits per heavy atom. The van der Waals surface area contributed by atoms with Gasteiger partial charge in [0.1, 0.15) is 18.3 Å². The van der Waals surface area contributed by atoms with Gasteiger partial charge in [0, 0.05) is 12.6 Å². The van der Waals surface area contributed by atoms with Crippen LogP contribution >= 0.6 is 0 Å². The van der Waals surface area contributed by atoms with Crippen LogP contribution in [-0.4, -0.2) is 57.1 Å². The van der Waals surface area contributed by atoms with Crippen LogP contribution in [0.3, 0.4) is 0 Å². The minimum atomic E-state index is -3.83. The number of hydrogen-bond donors (Lipinski definition) is 1. The van der Waals surface area contributed by atoms with E-state index in [0.717, 1.165) is 47.4 Å². The Morgan fingerprint density at radius 1 is 1.05 bits per heavy atom. The molecule has 2 amide bonds. The highest BCUT2D eigenvalue weighted by Crippen LogP contribution is 2.30. The van der Waals surface area contributed by atoms with Gasteiger partial charge in [-0.05, 0) is 43.9 Å². The molecule has 1 N–H and O–H groups in total. The maximum absolute atomic E-state index is 13.8. The van der Waals surface area contributed by atoms with Crippen LogP contribution in [-0.2, 0) is 26.2 Å². The van der Waals surface area contributed by atoms with E-state index >= 15 is 0 Å². The van der Waals surface area contributed by atoms with E-state index in [9.17, 15) is 18.0 Å². The van der Waals surface area contributed by atoms with E-state index < -0.39 is 28.5 Å². The molecule has 1 aliphatic rings. The Kier molecular flexibility index (Phi) is 9.97. The quantitative estimate of drug-likeness (QED) is 0.474. The zero-order chi connectivity index (χ0) is 27.0. The Labute approximate surface area is 221 Å². The molecule has 0 spiro atoms. The summed E-state index contributed by atoms with van der Waals surface area (Å²) in [6, 6.07) is 13.8. The number of sulfonamides is 1. The molecule has 8 nitrogen and oxygen atoms in total. The highest BCUT2D eigenvalue weighted by Gasteiger charge is 2.33. The number of aryl methyl sites for hydroxylation is 1. The van der Waals surface area contributed by atoms with Gasteiger partial charge in [-0.3, -0.25) is 13.9 Å². The standard InChI is InChI=1S/C28H39N3O5S/c1-5-24(28(33)29-23-11-7-6-8-12-23)30(19-22-17-15-21(2)16-18-22)27(32)20-31(37(4,34)35)25-13-9-10-14-26(25)36-3/h9-10,13-18,23-24H,5-8,11-12,19-20H2,1-4H3,(H,29,33)/t24-/m1/s1. The summed E-state index contributed by atoms with van der Waals surface area (Å²) in [5, 5.41) is 3.15. The number of nitrogens with zero attached hydrogens (tertiary/aromatic N) is 2. The molecule has 0 bridgehead atoms. The molecule has 37 heavy (non-hydrogen) atoms. The van der Waals surface area contributed by atoms with Crippen molar-refractivity contribution in [2.24, 2.45) is 0 Å². The third-order valence-corrected chi connectivity index (χ3v) is 7.97. The first-order chi connectivity index (χ1) is 17.6. The van der Waals surface area contributed by atoms with Gasteiger partial charge in [-0.15, -0.1) is 0 Å². The molecule has 9 heteroatoms. The van der Waals surface area contributed by atoms with E-state index in [-0.39, 0.29) is 24.2 Å². The van der Waals surface area contributed by atoms with Crippen LogP contribution in [0.4, 0.5) is 5.69 Å². The third kappa shape index (κ3) is 7.71. The molecular weight excluding hydrogens is 490 g/mol. The van der Waals surface area contributed by atoms with Crippen LogP contribution in [0, 0.1) is 6.92 Å². The van der Waals surface area contributed by atoms with Crippen LogP contribution in [0.1, 0.15) is 56.6 Å². The molecular formula is C28H39N3O5S. The van der Waals surface area contributed by atoms with Crippen molar-refractivity contribution in [3.05, 3.63) is 59.7 Å². The Morgan fingerprint density at radius 2 is 1.70 bits per heavy atom. The molecule has 1 saturated carbocycles. The largest absolute Gasteiger partial charge is 0.495 e. The Balaban J connectivity index is 1.93. The molecule has 3 rings (SSSR count). The minimum absolute atomic E-state index is 0.104. The van der Waals surface area contributed by atoms with Crippen molar-refractivity contribution in [1.82, 2.24) is 10.2 Å². The van der Waals surface area contributed by atoms with Crippen LogP contribution < -0.4 is 14.4 Å². The second-order valence-corrected chi connectivity index (χ2v) is 11.6. The lowest BCUT2D eigenvalue weighted by molar-refractivity contribution is -0.140. The first kappa shape index (κ1) is 28.5. The van der Waals surface area contributed by atoms with Crippen LogP contribution in [0.15, 0.2) is 48.5 Å². The summed E-state index contributed by atoms with van der Waals surface area (Å²) in [6.45, 7) is 3.60. The van der Waals surface area contributed by atoms with Crippen molar-refractivity contribution < 1.29 is 22.7 Å². The number of carbonyl (C=O) groups excluding carboxylic acids is 2. The van der Waals surface area contributed by atoms with Gasteiger partial charge in [0.25, 0.3) is 0 Å². The molecule has 0 unspecified atom stereocenters. The predicted molar refractivity (Wildman–Crippen MR) is 146 cm³/mol. The lowest BCUT2D eigenvalue weighted by Gasteiger charge is -2.34. The van der Waals surface area contributed by atoms with Crippen molar-refractivity contribution in [3.63, 3.8) is 0 Å². The molecule has 0 heterocycles. The van der Waals surface area contributed by atoms with Crippen molar-refractivity contribution in [3.8, 4) is 5.75 Å². The number of ether oxygens (including phenoxy) is 1. The Bertz CT molecular complexity index is 1160. The zero-order valence-electron chi connectivity index (χ0n) is 22.3. The molecule has 0 saturated heterocycles. The van der Waals surface area contributed by atoms with Gasteiger partial charge in [-0.2, -0.15) is 0 Å². The van der Waals surface area contributed by atoms with E-state index in [2.05, 4.69) is 5.32 Å². The summed E-state index contributed by atoms with van der Waals surface area (Å²) in [5.74, 6) is -0.312. The van der Waals surface area contributed by atoms with Gasteiger partial charge in [-0.1, -0.05) is 68.1 Å². The predicted octanol–water partition coefficient (Wildman–Crippen LogP) is 4.03. The third-order valence-electron chi connectivity index (χ3n) is 6.84. The molecule has 0 aromatic heterocycles. The van der Waals surface area contributed by atoms with E-state index in [1.165, 1.54) is 18.4 Å². The first-order valence-corrected chi connectivity index (χ1v) is 14.7. The maximum Gasteiger partial charge on any atom is 0.244 e. The number of methoxy groups -OCH3 is 1. The molecule has 202 valence electrons. The van der Waals surface area contributed by atoms with Gasteiger partial charge in [0.05, 0.1) is 19.1 Å². The minimum Gasteiger partial charge on any atom is -0.495 e. The van der Waals surface area contributed by atoms with Gasteiger partial charge >= 0.3 is 0 Å². The average Bonchev–Trinajstić information content (AvgIpc) is 2.88. The summed E-state index contributed by atoms with van der Waals surface area (Å²) in [4.78, 5) is 28.8. The molecule has 1 atom stereocenters. The van der Waals surface area contributed by atoms with E-state index in [1.54, 1.807) is 24.3 Å². The highest BCUT2D eigenvalue weighted by molar-refractivity contribution is 7.92. The number of benzene rings is 2. The number of para-hydroxylation sites is 2. The highest BCUT2D eigenvalue weighted by atomic mass is 32.2. The summed E-state index contributed by atoms with van der Waals surface area (Å²) < 4.78 is 32.0. The van der Waals surface area contributed by atoms with E-state index in [0.29, 0.717) is 12.2 Å². The second-order valence-electron chi connectivity index (χ2n) is 9.72. The average molecular weight is 530 g/mol. The lowest BCUT2D eigenvalue weighted by Crippen LogP contribution is -2.54. The molecule has 2 aromatic carbocycles. The zero-order valence-corrected chi connectivity index (χ0v) is 23.1. The topological polar surface area (TPSA) is 96.0 Å². The van der Waals surface area contributed by atoms with Crippen LogP contribution in [0.25, 0.3) is 0 Å². The monoisotopic (exact) mass is 529 g/mol. The molecule has 1 aliphatic carbocycles. The fraction of sp³-hybridized carbons (Fsp3) is 0.500. The number of nitrogens with one attached hydrogen (secondary N) is 1. The number of anilines is 1. The van der Waals surface area contributed by atoms with E-state index in [1.807, 2.05) is 38.1 Å². The lowest BCUT2D eigenvalue weighted by atomic mass is 9.95. The maximum atomic E-state index is 13.8. The summed E-state index contributed by atoms with van der Waals surface area (Å²) in [5.41, 5.74) is 2.23. The van der Waals surface area contributed by atoms with Crippen molar-refractivity contribution in [2.75, 3.05) is 24.2 Å². The smallest absolute Gasteiger partial charge is 0.244 e. The second kappa shape index (κ2) is 12.9. The summed E-state index contributed by atoms with van der Waals surface area (Å²) >= 11 is 0. The number of amides is 2. The van der Waals surface area contributed by atoms with Gasteiger partial charge in [0.15, 0.2) is 0 Å². The fourth-order valence-corrected chi connectivity index (χ4v) is 5.64. The number of rotatable bonds is 11. The fourth-order valence-electron chi connectivity index (χ4n) is 4.78. The molecule has 2 aromatic rings. The SMILES string of the molecule is CC[C@H](C(=O)NC1CCCCC1)N(Cc1ccc(C)cc1)C(=O)CN(c1ccccc1OC)S(C)(=O)=O. The molecule has 0 aliphatic heterocycles. The van der Waals surface area contributed by atoms with Gasteiger partial charge in [0.2, 0.25) is 21.8 Å². The number of hydrogen-bond acceptors (Lipinski definition) is 5. The van der Waals surface area contributed by atoms with Crippen LogP contribution in [0.2, 0.25) is 0 Å². The summed E-state index contributed by atoms with van der Waals surface area (Å²) in [6.07, 6.45) is 6.67. The Hall–Kier alpha value is -3.07. The van der Waals surface area contributed by atoms with Crippen molar-refractivity contribution in [2.45, 2.75) is 71.0 Å². The van der Waals surface area contributed by atoms with Crippen LogP contribution in [0.5, 0.6) is 5.75 Å². The number of carbonyl (C=O) groups is 2. The van der Waals surface area contributed by atoms with Crippen molar-refractivity contribution in [1.29, 1.82) is 0 Å². The molecule has 0 radical (unpaired) electrons. The van der Waals surface area contributed by atoms with Crippen molar-refractivity contribution >= 4 is 27.5 Å². The molecule has 1 fully saturated rings.